The maximum Gasteiger partial charge on any atom is 0.161 e. The summed E-state index contributed by atoms with van der Waals surface area (Å²) in [6.45, 7) is 8.00. The summed E-state index contributed by atoms with van der Waals surface area (Å²) >= 11 is 0. The summed E-state index contributed by atoms with van der Waals surface area (Å²) in [6, 6.07) is 6.02. The lowest BCUT2D eigenvalue weighted by Crippen LogP contribution is -2.44. The van der Waals surface area contributed by atoms with Crippen LogP contribution in [0.15, 0.2) is 24.3 Å². The summed E-state index contributed by atoms with van der Waals surface area (Å²) in [4.78, 5) is 2.41. The Morgan fingerprint density at radius 2 is 2.05 bits per heavy atom. The maximum absolute atomic E-state index is 5.85. The molecule has 0 aliphatic carbocycles. The van der Waals surface area contributed by atoms with Crippen LogP contribution >= 0.6 is 0 Å². The second-order valence-corrected chi connectivity index (χ2v) is 4.85. The zero-order valence-electron chi connectivity index (χ0n) is 12.4. The molecular weight excluding hydrogens is 252 g/mol. The van der Waals surface area contributed by atoms with Crippen LogP contribution in [0.3, 0.4) is 0 Å². The molecule has 4 nitrogen and oxygen atoms in total. The monoisotopic (exact) mass is 276 g/mol. The summed E-state index contributed by atoms with van der Waals surface area (Å²) in [6.07, 6.45) is 4.06. The van der Waals surface area contributed by atoms with Crippen molar-refractivity contribution in [3.63, 3.8) is 0 Å². The number of benzene rings is 1. The van der Waals surface area contributed by atoms with Crippen LogP contribution in [-0.2, 0) is 0 Å². The number of ether oxygens (including phenoxy) is 2. The normalized spacial score (nSPS) is 16.5. The van der Waals surface area contributed by atoms with Gasteiger partial charge < -0.3 is 14.8 Å². The molecule has 0 saturated carbocycles. The summed E-state index contributed by atoms with van der Waals surface area (Å²) < 4.78 is 11.2. The molecule has 0 spiro atoms. The van der Waals surface area contributed by atoms with Crippen molar-refractivity contribution in [3.8, 4) is 11.5 Å². The first kappa shape index (κ1) is 14.9. The molecule has 0 radical (unpaired) electrons. The van der Waals surface area contributed by atoms with E-state index in [1.165, 1.54) is 0 Å². The van der Waals surface area contributed by atoms with E-state index in [0.717, 1.165) is 49.8 Å². The van der Waals surface area contributed by atoms with Crippen molar-refractivity contribution in [1.82, 2.24) is 10.2 Å². The quantitative estimate of drug-likeness (QED) is 0.862. The fraction of sp³-hybridized carbons (Fsp3) is 0.500. The SMILES string of the molecule is CC=Cc1ccc(OCCN2CCNCC2)c(OC)c1. The molecule has 2 rings (SSSR count). The topological polar surface area (TPSA) is 33.7 Å². The predicted molar refractivity (Wildman–Crippen MR) is 82.5 cm³/mol. The summed E-state index contributed by atoms with van der Waals surface area (Å²) in [5.74, 6) is 1.61. The average molecular weight is 276 g/mol. The molecule has 110 valence electrons. The van der Waals surface area contributed by atoms with Gasteiger partial charge in [-0.3, -0.25) is 4.90 Å². The number of rotatable bonds is 6. The molecule has 1 saturated heterocycles. The number of nitrogens with one attached hydrogen (secondary N) is 1. The fourth-order valence-electron chi connectivity index (χ4n) is 2.32. The fourth-order valence-corrected chi connectivity index (χ4v) is 2.32. The smallest absolute Gasteiger partial charge is 0.161 e. The maximum atomic E-state index is 5.85. The second-order valence-electron chi connectivity index (χ2n) is 4.85. The number of piperazine rings is 1. The number of hydrogen-bond acceptors (Lipinski definition) is 4. The number of allylic oxidation sites excluding steroid dienone is 1. The standard InChI is InChI=1S/C16H24N2O2/c1-3-4-14-5-6-15(16(13-14)19-2)20-12-11-18-9-7-17-8-10-18/h3-6,13,17H,7-12H2,1-2H3. The van der Waals surface area contributed by atoms with Gasteiger partial charge >= 0.3 is 0 Å². The van der Waals surface area contributed by atoms with Crippen LogP contribution in [0.25, 0.3) is 6.08 Å². The Hall–Kier alpha value is -1.52. The van der Waals surface area contributed by atoms with Crippen molar-refractivity contribution < 1.29 is 9.47 Å². The molecular formula is C16H24N2O2. The molecule has 0 atom stereocenters. The molecule has 0 bridgehead atoms. The summed E-state index contributed by atoms with van der Waals surface area (Å²) in [5.41, 5.74) is 1.12. The minimum atomic E-state index is 0.694. The second kappa shape index (κ2) is 7.92. The zero-order chi connectivity index (χ0) is 14.2. The van der Waals surface area contributed by atoms with E-state index in [-0.39, 0.29) is 0 Å². The van der Waals surface area contributed by atoms with E-state index in [9.17, 15) is 0 Å². The van der Waals surface area contributed by atoms with E-state index >= 15 is 0 Å². The number of methoxy groups -OCH3 is 1. The Labute approximate surface area is 121 Å². The van der Waals surface area contributed by atoms with E-state index < -0.39 is 0 Å². The first-order valence-corrected chi connectivity index (χ1v) is 7.20. The molecule has 20 heavy (non-hydrogen) atoms. The molecule has 1 aromatic carbocycles. The van der Waals surface area contributed by atoms with Crippen molar-refractivity contribution in [2.24, 2.45) is 0 Å². The van der Waals surface area contributed by atoms with Crippen LogP contribution in [0, 0.1) is 0 Å². The summed E-state index contributed by atoms with van der Waals surface area (Å²) in [7, 11) is 1.68. The van der Waals surface area contributed by atoms with E-state index in [1.54, 1.807) is 7.11 Å². The molecule has 1 N–H and O–H groups in total. The van der Waals surface area contributed by atoms with Gasteiger partial charge in [0.05, 0.1) is 7.11 Å². The van der Waals surface area contributed by atoms with E-state index in [1.807, 2.05) is 37.3 Å². The van der Waals surface area contributed by atoms with Crippen LogP contribution in [0.4, 0.5) is 0 Å². The van der Waals surface area contributed by atoms with Crippen LogP contribution in [-0.4, -0.2) is 51.3 Å². The van der Waals surface area contributed by atoms with Crippen LogP contribution in [0.2, 0.25) is 0 Å². The average Bonchev–Trinajstić information content (AvgIpc) is 2.50. The van der Waals surface area contributed by atoms with Crippen molar-refractivity contribution in [2.75, 3.05) is 46.4 Å². The number of hydrogen-bond donors (Lipinski definition) is 1. The van der Waals surface area contributed by atoms with Gasteiger partial charge in [0, 0.05) is 32.7 Å². The highest BCUT2D eigenvalue weighted by Gasteiger charge is 2.10. The van der Waals surface area contributed by atoms with Crippen molar-refractivity contribution in [1.29, 1.82) is 0 Å². The lowest BCUT2D eigenvalue weighted by Gasteiger charge is -2.27. The Bertz CT molecular complexity index is 440. The Balaban J connectivity index is 1.88. The van der Waals surface area contributed by atoms with E-state index in [2.05, 4.69) is 10.2 Å². The van der Waals surface area contributed by atoms with E-state index in [4.69, 9.17) is 9.47 Å². The minimum Gasteiger partial charge on any atom is -0.493 e. The van der Waals surface area contributed by atoms with E-state index in [0.29, 0.717) is 6.61 Å². The lowest BCUT2D eigenvalue weighted by atomic mass is 10.2. The molecule has 1 aromatic rings. The highest BCUT2D eigenvalue weighted by molar-refractivity contribution is 5.55. The number of nitrogens with zero attached hydrogens (tertiary/aromatic N) is 1. The van der Waals surface area contributed by atoms with Gasteiger partial charge in [-0.25, -0.2) is 0 Å². The molecule has 4 heteroatoms. The van der Waals surface area contributed by atoms with Crippen LogP contribution < -0.4 is 14.8 Å². The minimum absolute atomic E-state index is 0.694. The van der Waals surface area contributed by atoms with Crippen molar-refractivity contribution >= 4 is 6.08 Å². The Morgan fingerprint density at radius 3 is 2.75 bits per heavy atom. The third-order valence-electron chi connectivity index (χ3n) is 3.42. The van der Waals surface area contributed by atoms with Gasteiger partial charge in [0.25, 0.3) is 0 Å². The highest BCUT2D eigenvalue weighted by atomic mass is 16.5. The largest absolute Gasteiger partial charge is 0.493 e. The Morgan fingerprint density at radius 1 is 1.25 bits per heavy atom. The first-order chi connectivity index (χ1) is 9.83. The summed E-state index contributed by atoms with van der Waals surface area (Å²) in [5, 5.41) is 3.35. The molecule has 1 fully saturated rings. The van der Waals surface area contributed by atoms with Gasteiger partial charge in [-0.05, 0) is 24.6 Å². The predicted octanol–water partition coefficient (Wildman–Crippen LogP) is 2.01. The molecule has 0 unspecified atom stereocenters. The highest BCUT2D eigenvalue weighted by Crippen LogP contribution is 2.28. The first-order valence-electron chi connectivity index (χ1n) is 7.20. The van der Waals surface area contributed by atoms with Gasteiger partial charge in [0.1, 0.15) is 6.61 Å². The van der Waals surface area contributed by atoms with Gasteiger partial charge in [-0.15, -0.1) is 0 Å². The van der Waals surface area contributed by atoms with Gasteiger partial charge in [-0.2, -0.15) is 0 Å². The van der Waals surface area contributed by atoms with Crippen molar-refractivity contribution in [3.05, 3.63) is 29.8 Å². The molecule has 0 amide bonds. The third kappa shape index (κ3) is 4.25. The lowest BCUT2D eigenvalue weighted by molar-refractivity contribution is 0.188. The molecule has 0 aromatic heterocycles. The van der Waals surface area contributed by atoms with Crippen LogP contribution in [0.1, 0.15) is 12.5 Å². The Kier molecular flexibility index (Phi) is 5.89. The molecule has 1 aliphatic rings. The van der Waals surface area contributed by atoms with Gasteiger partial charge in [0.15, 0.2) is 11.5 Å². The van der Waals surface area contributed by atoms with Crippen LogP contribution in [0.5, 0.6) is 11.5 Å². The zero-order valence-corrected chi connectivity index (χ0v) is 12.4. The molecule has 1 aliphatic heterocycles. The third-order valence-corrected chi connectivity index (χ3v) is 3.42. The molecule has 1 heterocycles. The van der Waals surface area contributed by atoms with Crippen molar-refractivity contribution in [2.45, 2.75) is 6.92 Å². The van der Waals surface area contributed by atoms with Gasteiger partial charge in [0.2, 0.25) is 0 Å². The van der Waals surface area contributed by atoms with Gasteiger partial charge in [-0.1, -0.05) is 18.2 Å².